The van der Waals surface area contributed by atoms with Crippen LogP contribution in [0.5, 0.6) is 5.75 Å². The Morgan fingerprint density at radius 3 is 2.89 bits per heavy atom. The summed E-state index contributed by atoms with van der Waals surface area (Å²) in [6.45, 7) is 4.29. The molecule has 1 spiro atoms. The number of hydrogen-bond acceptors (Lipinski definition) is 8. The lowest BCUT2D eigenvalue weighted by Crippen LogP contribution is -2.41. The molecule has 1 aliphatic carbocycles. The maximum atomic E-state index is 12.4. The molecule has 36 heavy (non-hydrogen) atoms. The lowest BCUT2D eigenvalue weighted by atomic mass is 9.81. The summed E-state index contributed by atoms with van der Waals surface area (Å²) in [5, 5.41) is 32.7. The molecule has 1 fully saturated rings. The number of nitrogens with zero attached hydrogens (tertiary/aromatic N) is 4. The second-order valence-corrected chi connectivity index (χ2v) is 9.73. The molecular weight excluding hydrogens is 460 g/mol. The highest BCUT2D eigenvalue weighted by Gasteiger charge is 2.46. The molecule has 0 radical (unpaired) electrons. The Balaban J connectivity index is 1.43. The number of carbonyl (C=O) groups excluding carboxylic acids is 1. The van der Waals surface area contributed by atoms with Crippen molar-refractivity contribution < 1.29 is 24.3 Å². The molecule has 2 aliphatic rings. The number of ether oxygens (including phenoxy) is 1. The first-order chi connectivity index (χ1) is 17.3. The lowest BCUT2D eigenvalue weighted by molar-refractivity contribution is -0.141. The summed E-state index contributed by atoms with van der Waals surface area (Å²) in [6.07, 6.45) is 1.07. The molecule has 1 saturated heterocycles. The van der Waals surface area contributed by atoms with Crippen LogP contribution in [0, 0.1) is 11.3 Å². The second-order valence-electron chi connectivity index (χ2n) is 9.73. The number of likely N-dealkylation sites (tertiary alicyclic amines) is 1. The topological polar surface area (TPSA) is 133 Å². The summed E-state index contributed by atoms with van der Waals surface area (Å²) in [7, 11) is 0. The van der Waals surface area contributed by atoms with Gasteiger partial charge in [0.15, 0.2) is 6.10 Å². The Morgan fingerprint density at radius 2 is 2.14 bits per heavy atom. The van der Waals surface area contributed by atoms with E-state index in [9.17, 15) is 15.2 Å². The fourth-order valence-electron chi connectivity index (χ4n) is 5.39. The van der Waals surface area contributed by atoms with Crippen LogP contribution >= 0.6 is 0 Å². The van der Waals surface area contributed by atoms with E-state index in [1.807, 2.05) is 26.0 Å². The zero-order chi connectivity index (χ0) is 25.4. The third kappa shape index (κ3) is 4.12. The molecule has 3 aromatic rings. The van der Waals surface area contributed by atoms with Crippen LogP contribution in [-0.4, -0.2) is 63.1 Å². The van der Waals surface area contributed by atoms with Crippen molar-refractivity contribution in [2.75, 3.05) is 19.7 Å². The maximum absolute atomic E-state index is 12.4. The number of aliphatic hydroxyl groups is 2. The third-order valence-electron chi connectivity index (χ3n) is 7.10. The van der Waals surface area contributed by atoms with Crippen molar-refractivity contribution >= 4 is 5.91 Å². The molecule has 0 bridgehead atoms. The number of aliphatic hydroxyl groups excluding tert-OH is 2. The number of fused-ring (bicyclic) bond motifs is 2. The van der Waals surface area contributed by atoms with Crippen molar-refractivity contribution in [2.45, 2.75) is 50.7 Å². The third-order valence-corrected chi connectivity index (χ3v) is 7.10. The van der Waals surface area contributed by atoms with E-state index in [1.54, 1.807) is 23.1 Å². The summed E-state index contributed by atoms with van der Waals surface area (Å²) in [6, 6.07) is 13.4. The van der Waals surface area contributed by atoms with Gasteiger partial charge in [-0.3, -0.25) is 4.79 Å². The van der Waals surface area contributed by atoms with Gasteiger partial charge in [0, 0.05) is 29.6 Å². The van der Waals surface area contributed by atoms with E-state index in [4.69, 9.17) is 14.4 Å². The van der Waals surface area contributed by atoms with E-state index in [-0.39, 0.29) is 11.5 Å². The number of nitriles is 1. The highest BCUT2D eigenvalue weighted by atomic mass is 16.5. The van der Waals surface area contributed by atoms with Gasteiger partial charge in [0.1, 0.15) is 11.8 Å². The molecule has 1 aliphatic heterocycles. The van der Waals surface area contributed by atoms with E-state index < -0.39 is 18.6 Å². The van der Waals surface area contributed by atoms with Crippen LogP contribution in [0.15, 0.2) is 40.9 Å². The summed E-state index contributed by atoms with van der Waals surface area (Å²) < 4.78 is 11.3. The Morgan fingerprint density at radius 1 is 1.31 bits per heavy atom. The van der Waals surface area contributed by atoms with Gasteiger partial charge in [-0.1, -0.05) is 23.4 Å². The normalized spacial score (nSPS) is 19.5. The van der Waals surface area contributed by atoms with Crippen molar-refractivity contribution in [3.8, 4) is 34.7 Å². The highest BCUT2D eigenvalue weighted by molar-refractivity contribution is 5.81. The molecule has 9 nitrogen and oxygen atoms in total. The molecule has 2 atom stereocenters. The summed E-state index contributed by atoms with van der Waals surface area (Å²) in [4.78, 5) is 18.7. The van der Waals surface area contributed by atoms with Crippen molar-refractivity contribution in [1.82, 2.24) is 15.0 Å². The summed E-state index contributed by atoms with van der Waals surface area (Å²) >= 11 is 0. The van der Waals surface area contributed by atoms with E-state index in [1.165, 1.54) is 5.56 Å². The molecule has 2 N–H and O–H groups in total. The van der Waals surface area contributed by atoms with Crippen molar-refractivity contribution in [1.29, 1.82) is 5.26 Å². The van der Waals surface area contributed by atoms with E-state index in [0.717, 1.165) is 30.4 Å². The zero-order valence-electron chi connectivity index (χ0n) is 20.3. The smallest absolute Gasteiger partial charge is 0.258 e. The van der Waals surface area contributed by atoms with Crippen LogP contribution in [0.4, 0.5) is 0 Å². The number of rotatable bonds is 6. The Labute approximate surface area is 208 Å². The number of hydrogen-bond donors (Lipinski definition) is 2. The zero-order valence-corrected chi connectivity index (χ0v) is 20.3. The van der Waals surface area contributed by atoms with Crippen LogP contribution in [0.3, 0.4) is 0 Å². The monoisotopic (exact) mass is 488 g/mol. The van der Waals surface area contributed by atoms with Gasteiger partial charge < -0.3 is 24.4 Å². The molecule has 9 heteroatoms. The first-order valence-corrected chi connectivity index (χ1v) is 12.1. The lowest BCUT2D eigenvalue weighted by Gasteiger charge is -2.26. The van der Waals surface area contributed by atoms with Crippen LogP contribution in [0.1, 0.15) is 43.4 Å². The summed E-state index contributed by atoms with van der Waals surface area (Å²) in [5.41, 5.74) is 4.05. The molecule has 0 saturated carbocycles. The first-order valence-electron chi connectivity index (χ1n) is 12.1. The first kappa shape index (κ1) is 24.0. The SMILES string of the molecule is CC(C)Oc1ccc(-c2nc(-c3cccc4c3CCC43CCN(C(=O)[C@H](O)CO)C3)no2)cc1C#N. The van der Waals surface area contributed by atoms with Crippen molar-refractivity contribution in [3.05, 3.63) is 53.1 Å². The number of carbonyl (C=O) groups is 1. The number of aromatic nitrogens is 2. The molecule has 186 valence electrons. The van der Waals surface area contributed by atoms with Crippen molar-refractivity contribution in [2.24, 2.45) is 0 Å². The molecule has 1 aromatic heterocycles. The van der Waals surface area contributed by atoms with E-state index in [2.05, 4.69) is 22.3 Å². The second kappa shape index (κ2) is 9.37. The van der Waals surface area contributed by atoms with Gasteiger partial charge in [-0.2, -0.15) is 10.2 Å². The average Bonchev–Trinajstić information content (AvgIpc) is 3.63. The van der Waals surface area contributed by atoms with Gasteiger partial charge in [-0.15, -0.1) is 0 Å². The fourth-order valence-corrected chi connectivity index (χ4v) is 5.39. The van der Waals surface area contributed by atoms with Crippen molar-refractivity contribution in [3.63, 3.8) is 0 Å². The highest BCUT2D eigenvalue weighted by Crippen LogP contribution is 2.48. The predicted molar refractivity (Wildman–Crippen MR) is 130 cm³/mol. The molecule has 2 aromatic carbocycles. The van der Waals surface area contributed by atoms with Gasteiger partial charge in [0.05, 0.1) is 18.3 Å². The van der Waals surface area contributed by atoms with Crippen LogP contribution in [0.2, 0.25) is 0 Å². The molecule has 1 amide bonds. The van der Waals surface area contributed by atoms with E-state index in [0.29, 0.717) is 41.7 Å². The molecule has 1 unspecified atom stereocenters. The van der Waals surface area contributed by atoms with Gasteiger partial charge in [-0.05, 0) is 62.4 Å². The number of benzene rings is 2. The van der Waals surface area contributed by atoms with E-state index >= 15 is 0 Å². The van der Waals surface area contributed by atoms with Gasteiger partial charge in [0.2, 0.25) is 5.82 Å². The van der Waals surface area contributed by atoms with Crippen LogP contribution < -0.4 is 4.74 Å². The molecule has 5 rings (SSSR count). The maximum Gasteiger partial charge on any atom is 0.258 e. The summed E-state index contributed by atoms with van der Waals surface area (Å²) in [5.74, 6) is 0.876. The van der Waals surface area contributed by atoms with Gasteiger partial charge in [-0.25, -0.2) is 0 Å². The Bertz CT molecular complexity index is 1340. The minimum atomic E-state index is -1.38. The van der Waals surface area contributed by atoms with Crippen LogP contribution in [0.25, 0.3) is 22.8 Å². The molecular formula is C27H28N4O5. The average molecular weight is 489 g/mol. The largest absolute Gasteiger partial charge is 0.490 e. The fraction of sp³-hybridized carbons (Fsp3) is 0.407. The van der Waals surface area contributed by atoms with Crippen LogP contribution in [-0.2, 0) is 16.6 Å². The number of amides is 1. The molecule has 2 heterocycles. The Hall–Kier alpha value is -3.74. The minimum absolute atomic E-state index is 0.0498. The quantitative estimate of drug-likeness (QED) is 0.541. The standard InChI is InChI=1S/C27H28N4O5/c1-16(2)35-23-7-6-17(12-18(23)13-28)25-29-24(30-36-25)20-4-3-5-21-19(20)8-9-27(21)10-11-31(15-27)26(34)22(33)14-32/h3-7,12,16,22,32-33H,8-11,14-15H2,1-2H3/t22-,27?/m1/s1. The van der Waals surface area contributed by atoms with Gasteiger partial charge >= 0.3 is 0 Å². The predicted octanol–water partition coefficient (Wildman–Crippen LogP) is 2.83. The Kier molecular flexibility index (Phi) is 6.24. The van der Waals surface area contributed by atoms with Gasteiger partial charge in [0.25, 0.3) is 11.8 Å². The minimum Gasteiger partial charge on any atom is -0.490 e.